The van der Waals surface area contributed by atoms with Crippen LogP contribution in [0, 0.1) is 11.8 Å². The van der Waals surface area contributed by atoms with Gasteiger partial charge in [-0.1, -0.05) is 64.7 Å². The van der Waals surface area contributed by atoms with E-state index in [1.165, 1.54) is 31.4 Å². The van der Waals surface area contributed by atoms with E-state index in [-0.39, 0.29) is 0 Å². The fourth-order valence-corrected chi connectivity index (χ4v) is 2.36. The number of benzene rings is 1. The summed E-state index contributed by atoms with van der Waals surface area (Å²) in [5.74, 6) is 1.62. The number of nitrogens with one attached hydrogen (secondary N) is 1. The van der Waals surface area contributed by atoms with Gasteiger partial charge >= 0.3 is 0 Å². The molecule has 0 radical (unpaired) electrons. The van der Waals surface area contributed by atoms with Crippen molar-refractivity contribution in [3.05, 3.63) is 30.3 Å². The van der Waals surface area contributed by atoms with Gasteiger partial charge in [0, 0.05) is 12.2 Å². The molecule has 1 rings (SSSR count). The lowest BCUT2D eigenvalue weighted by Gasteiger charge is -2.23. The second kappa shape index (κ2) is 8.16. The van der Waals surface area contributed by atoms with Crippen molar-refractivity contribution in [2.45, 2.75) is 46.5 Å². The first-order valence-corrected chi connectivity index (χ1v) is 7.06. The Morgan fingerprint density at radius 1 is 1.12 bits per heavy atom. The molecule has 1 aromatic carbocycles. The molecular formula is C16H27N. The second-order valence-corrected chi connectivity index (χ2v) is 5.03. The van der Waals surface area contributed by atoms with E-state index in [1.807, 2.05) is 0 Å². The van der Waals surface area contributed by atoms with Crippen molar-refractivity contribution in [3.63, 3.8) is 0 Å². The van der Waals surface area contributed by atoms with E-state index in [0.717, 1.165) is 18.4 Å². The minimum atomic E-state index is 0.756. The summed E-state index contributed by atoms with van der Waals surface area (Å²) < 4.78 is 0. The van der Waals surface area contributed by atoms with Crippen LogP contribution in [-0.4, -0.2) is 6.54 Å². The number of para-hydroxylation sites is 1. The number of hydrogen-bond acceptors (Lipinski definition) is 1. The summed E-state index contributed by atoms with van der Waals surface area (Å²) >= 11 is 0. The zero-order valence-electron chi connectivity index (χ0n) is 11.6. The third-order valence-electron chi connectivity index (χ3n) is 3.66. The van der Waals surface area contributed by atoms with Crippen molar-refractivity contribution in [1.82, 2.24) is 0 Å². The molecule has 1 heteroatoms. The molecule has 96 valence electrons. The quantitative estimate of drug-likeness (QED) is 0.670. The van der Waals surface area contributed by atoms with Crippen molar-refractivity contribution < 1.29 is 0 Å². The molecule has 0 heterocycles. The van der Waals surface area contributed by atoms with E-state index in [4.69, 9.17) is 0 Å². The Kier molecular flexibility index (Phi) is 6.76. The molecule has 0 amide bonds. The summed E-state index contributed by atoms with van der Waals surface area (Å²) in [7, 11) is 0. The van der Waals surface area contributed by atoms with Gasteiger partial charge in [0.1, 0.15) is 0 Å². The number of rotatable bonds is 8. The average Bonchev–Trinajstić information content (AvgIpc) is 2.38. The minimum Gasteiger partial charge on any atom is -0.385 e. The lowest BCUT2D eigenvalue weighted by Crippen LogP contribution is -2.20. The van der Waals surface area contributed by atoms with Crippen LogP contribution >= 0.6 is 0 Å². The van der Waals surface area contributed by atoms with Crippen LogP contribution in [0.15, 0.2) is 30.3 Å². The van der Waals surface area contributed by atoms with Crippen LogP contribution in [0.2, 0.25) is 0 Å². The van der Waals surface area contributed by atoms with E-state index < -0.39 is 0 Å². The Morgan fingerprint density at radius 3 is 2.41 bits per heavy atom. The molecule has 1 aromatic rings. The fourth-order valence-electron chi connectivity index (χ4n) is 2.36. The van der Waals surface area contributed by atoms with Gasteiger partial charge in [-0.25, -0.2) is 0 Å². The minimum absolute atomic E-state index is 0.756. The predicted molar refractivity (Wildman–Crippen MR) is 77.4 cm³/mol. The summed E-state index contributed by atoms with van der Waals surface area (Å²) in [5, 5.41) is 3.54. The Bertz CT molecular complexity index is 281. The van der Waals surface area contributed by atoms with Gasteiger partial charge in [-0.2, -0.15) is 0 Å². The Balaban J connectivity index is 2.34. The molecule has 17 heavy (non-hydrogen) atoms. The molecule has 1 N–H and O–H groups in total. The highest BCUT2D eigenvalue weighted by Gasteiger charge is 2.14. The lowest BCUT2D eigenvalue weighted by atomic mass is 9.87. The van der Waals surface area contributed by atoms with Gasteiger partial charge in [0.15, 0.2) is 0 Å². The highest BCUT2D eigenvalue weighted by atomic mass is 14.9. The Morgan fingerprint density at radius 2 is 1.82 bits per heavy atom. The first-order valence-electron chi connectivity index (χ1n) is 7.06. The highest BCUT2D eigenvalue weighted by Crippen LogP contribution is 2.22. The second-order valence-electron chi connectivity index (χ2n) is 5.03. The summed E-state index contributed by atoms with van der Waals surface area (Å²) in [6.07, 6.45) is 5.37. The molecule has 0 saturated heterocycles. The maximum absolute atomic E-state index is 3.54. The number of unbranched alkanes of at least 4 members (excludes halogenated alkanes) is 1. The molecule has 0 saturated carbocycles. The maximum atomic E-state index is 3.54. The van der Waals surface area contributed by atoms with Crippen LogP contribution in [0.4, 0.5) is 5.69 Å². The molecule has 2 unspecified atom stereocenters. The largest absolute Gasteiger partial charge is 0.385 e. The molecule has 0 fully saturated rings. The van der Waals surface area contributed by atoms with Gasteiger partial charge in [0.2, 0.25) is 0 Å². The van der Waals surface area contributed by atoms with Crippen LogP contribution in [-0.2, 0) is 0 Å². The van der Waals surface area contributed by atoms with Crippen molar-refractivity contribution in [1.29, 1.82) is 0 Å². The molecule has 0 aliphatic heterocycles. The lowest BCUT2D eigenvalue weighted by molar-refractivity contribution is 0.330. The first kappa shape index (κ1) is 14.1. The normalized spacial score (nSPS) is 14.3. The number of anilines is 1. The molecule has 0 spiro atoms. The van der Waals surface area contributed by atoms with Gasteiger partial charge in [-0.3, -0.25) is 0 Å². The van der Waals surface area contributed by atoms with Crippen molar-refractivity contribution in [3.8, 4) is 0 Å². The Labute approximate surface area is 107 Å². The summed E-state index contributed by atoms with van der Waals surface area (Å²) in [5.41, 5.74) is 1.24. The van der Waals surface area contributed by atoms with Gasteiger partial charge < -0.3 is 5.32 Å². The topological polar surface area (TPSA) is 12.0 Å². The summed E-state index contributed by atoms with van der Waals surface area (Å²) in [6.45, 7) is 8.06. The smallest absolute Gasteiger partial charge is 0.0340 e. The van der Waals surface area contributed by atoms with Crippen molar-refractivity contribution in [2.24, 2.45) is 11.8 Å². The molecule has 2 atom stereocenters. The van der Waals surface area contributed by atoms with E-state index in [2.05, 4.69) is 56.4 Å². The van der Waals surface area contributed by atoms with Crippen LogP contribution in [0.5, 0.6) is 0 Å². The van der Waals surface area contributed by atoms with Gasteiger partial charge in [0.25, 0.3) is 0 Å². The maximum Gasteiger partial charge on any atom is 0.0340 e. The third-order valence-corrected chi connectivity index (χ3v) is 3.66. The van der Waals surface area contributed by atoms with Crippen LogP contribution < -0.4 is 5.32 Å². The van der Waals surface area contributed by atoms with E-state index in [9.17, 15) is 0 Å². The zero-order chi connectivity index (χ0) is 12.5. The monoisotopic (exact) mass is 233 g/mol. The molecule has 0 aliphatic rings. The van der Waals surface area contributed by atoms with Crippen molar-refractivity contribution >= 4 is 5.69 Å². The van der Waals surface area contributed by atoms with E-state index in [1.54, 1.807) is 0 Å². The van der Waals surface area contributed by atoms with E-state index >= 15 is 0 Å². The zero-order valence-corrected chi connectivity index (χ0v) is 11.6. The van der Waals surface area contributed by atoms with E-state index in [0.29, 0.717) is 0 Å². The van der Waals surface area contributed by atoms with Crippen molar-refractivity contribution in [2.75, 3.05) is 11.9 Å². The molecule has 0 aromatic heterocycles. The van der Waals surface area contributed by atoms with Crippen LogP contribution in [0.25, 0.3) is 0 Å². The predicted octanol–water partition coefficient (Wildman–Crippen LogP) is 4.95. The summed E-state index contributed by atoms with van der Waals surface area (Å²) in [4.78, 5) is 0. The van der Waals surface area contributed by atoms with Crippen LogP contribution in [0.1, 0.15) is 46.5 Å². The van der Waals surface area contributed by atoms with Gasteiger partial charge in [-0.15, -0.1) is 0 Å². The average molecular weight is 233 g/mol. The third kappa shape index (κ3) is 5.25. The highest BCUT2D eigenvalue weighted by molar-refractivity contribution is 5.42. The standard InChI is InChI=1S/C16H27N/c1-4-6-10-15(5-2)14(3)13-17-16-11-8-7-9-12-16/h7-9,11-12,14-15,17H,4-6,10,13H2,1-3H3. The summed E-state index contributed by atoms with van der Waals surface area (Å²) in [6, 6.07) is 10.5. The molecule has 1 nitrogen and oxygen atoms in total. The number of hydrogen-bond donors (Lipinski definition) is 1. The molecular weight excluding hydrogens is 206 g/mol. The first-order chi connectivity index (χ1) is 8.27. The van der Waals surface area contributed by atoms with Gasteiger partial charge in [0.05, 0.1) is 0 Å². The molecule has 0 bridgehead atoms. The van der Waals surface area contributed by atoms with Crippen LogP contribution in [0.3, 0.4) is 0 Å². The fraction of sp³-hybridized carbons (Fsp3) is 0.625. The van der Waals surface area contributed by atoms with Gasteiger partial charge in [-0.05, 0) is 24.0 Å². The SMILES string of the molecule is CCCCC(CC)C(C)CNc1ccccc1. The molecule has 0 aliphatic carbocycles. The Hall–Kier alpha value is -0.980.